The summed E-state index contributed by atoms with van der Waals surface area (Å²) < 4.78 is 29.6. The Bertz CT molecular complexity index is 1740. The van der Waals surface area contributed by atoms with Crippen LogP contribution in [-0.4, -0.2) is 75.0 Å². The molecule has 0 saturated heterocycles. The number of hydrogen-bond donors (Lipinski definition) is 2. The summed E-state index contributed by atoms with van der Waals surface area (Å²) in [6.45, 7) is 8.54. The van der Waals surface area contributed by atoms with Gasteiger partial charge in [-0.1, -0.05) is 12.1 Å². The number of carbonyl (C=O) groups is 1. The minimum absolute atomic E-state index is 0.0584. The molecule has 1 atom stereocenters. The standard InChI is InChI=1S/C28H36N8O5S/c1-7-34(8-2)27-30-17-23(36(18(3)4)42(6,40)41)24(32-27)31-21(26(37)38)16-19-11-13-20(14-12-19)35-25-22(10-9-15-29-25)33(5)28(35)39/h9-15,17-18,21H,7-8,16H2,1-6H3,(H,37,38)(H,30,31,32)/t21-/m0/s1. The minimum atomic E-state index is -3.73. The van der Waals surface area contributed by atoms with Gasteiger partial charge in [0, 0.05) is 38.8 Å². The third kappa shape index (κ3) is 6.08. The predicted octanol–water partition coefficient (Wildman–Crippen LogP) is 2.64. The summed E-state index contributed by atoms with van der Waals surface area (Å²) in [4.78, 5) is 40.5. The van der Waals surface area contributed by atoms with Crippen LogP contribution in [-0.2, 0) is 28.3 Å². The van der Waals surface area contributed by atoms with Gasteiger partial charge >= 0.3 is 11.7 Å². The summed E-state index contributed by atoms with van der Waals surface area (Å²) in [5.41, 5.74) is 2.40. The van der Waals surface area contributed by atoms with E-state index in [4.69, 9.17) is 0 Å². The van der Waals surface area contributed by atoms with Crippen molar-refractivity contribution >= 4 is 44.6 Å². The second-order valence-electron chi connectivity index (χ2n) is 10.2. The number of aromatic nitrogens is 5. The van der Waals surface area contributed by atoms with Crippen molar-refractivity contribution < 1.29 is 18.3 Å². The van der Waals surface area contributed by atoms with Crippen LogP contribution in [0.2, 0.25) is 0 Å². The van der Waals surface area contributed by atoms with Crippen molar-refractivity contribution in [3.05, 3.63) is 64.8 Å². The monoisotopic (exact) mass is 596 g/mol. The Morgan fingerprint density at radius 1 is 1.10 bits per heavy atom. The average molecular weight is 597 g/mol. The van der Waals surface area contributed by atoms with Crippen LogP contribution in [0, 0.1) is 0 Å². The first-order valence-electron chi connectivity index (χ1n) is 13.6. The first kappa shape index (κ1) is 30.5. The van der Waals surface area contributed by atoms with Crippen molar-refractivity contribution in [2.75, 3.05) is 33.9 Å². The van der Waals surface area contributed by atoms with Crippen molar-refractivity contribution in [1.82, 2.24) is 24.1 Å². The summed E-state index contributed by atoms with van der Waals surface area (Å²) in [6, 6.07) is 8.94. The number of nitrogens with one attached hydrogen (secondary N) is 1. The van der Waals surface area contributed by atoms with Gasteiger partial charge in [-0.3, -0.25) is 8.87 Å². The Balaban J connectivity index is 1.70. The van der Waals surface area contributed by atoms with E-state index in [-0.39, 0.29) is 23.6 Å². The van der Waals surface area contributed by atoms with Crippen LogP contribution in [0.1, 0.15) is 33.3 Å². The zero-order valence-electron chi connectivity index (χ0n) is 24.5. The van der Waals surface area contributed by atoms with Crippen LogP contribution in [0.25, 0.3) is 16.9 Å². The molecule has 0 aliphatic heterocycles. The Hall–Kier alpha value is -4.46. The van der Waals surface area contributed by atoms with Gasteiger partial charge in [0.05, 0.1) is 23.7 Å². The van der Waals surface area contributed by atoms with Crippen LogP contribution in [0.3, 0.4) is 0 Å². The molecule has 0 saturated carbocycles. The van der Waals surface area contributed by atoms with Gasteiger partial charge in [-0.2, -0.15) is 4.98 Å². The third-order valence-electron chi connectivity index (χ3n) is 6.93. The van der Waals surface area contributed by atoms with Gasteiger partial charge in [-0.05, 0) is 57.5 Å². The maximum Gasteiger partial charge on any atom is 0.334 e. The lowest BCUT2D eigenvalue weighted by atomic mass is 10.1. The molecule has 3 heterocycles. The zero-order chi connectivity index (χ0) is 30.8. The molecule has 4 aromatic rings. The van der Waals surface area contributed by atoms with Crippen LogP contribution < -0.4 is 20.2 Å². The number of carboxylic acid groups (broad SMARTS) is 1. The van der Waals surface area contributed by atoms with Crippen molar-refractivity contribution in [3.8, 4) is 5.69 Å². The normalized spacial score (nSPS) is 12.5. The van der Waals surface area contributed by atoms with Crippen molar-refractivity contribution in [1.29, 1.82) is 0 Å². The molecule has 42 heavy (non-hydrogen) atoms. The number of hydrogen-bond acceptors (Lipinski definition) is 9. The molecule has 2 N–H and O–H groups in total. The minimum Gasteiger partial charge on any atom is -0.480 e. The number of anilines is 3. The quantitative estimate of drug-likeness (QED) is 0.249. The van der Waals surface area contributed by atoms with Gasteiger partial charge in [0.1, 0.15) is 11.7 Å². The average Bonchev–Trinajstić information content (AvgIpc) is 3.19. The molecule has 4 rings (SSSR count). The largest absolute Gasteiger partial charge is 0.480 e. The van der Waals surface area contributed by atoms with Crippen LogP contribution >= 0.6 is 0 Å². The van der Waals surface area contributed by atoms with Gasteiger partial charge in [0.25, 0.3) is 0 Å². The van der Waals surface area contributed by atoms with E-state index in [0.29, 0.717) is 41.5 Å². The molecular weight excluding hydrogens is 560 g/mol. The van der Waals surface area contributed by atoms with Gasteiger partial charge in [-0.15, -0.1) is 0 Å². The number of pyridine rings is 1. The fraction of sp³-hybridized carbons (Fsp3) is 0.393. The summed E-state index contributed by atoms with van der Waals surface area (Å²) in [7, 11) is -2.05. The molecular formula is C28H36N8O5S. The lowest BCUT2D eigenvalue weighted by Gasteiger charge is -2.29. The van der Waals surface area contributed by atoms with Crippen molar-refractivity contribution in [2.45, 2.75) is 46.2 Å². The number of rotatable bonds is 12. The molecule has 0 unspecified atom stereocenters. The number of fused-ring (bicyclic) bond motifs is 1. The van der Waals surface area contributed by atoms with Gasteiger partial charge in [0.2, 0.25) is 16.0 Å². The smallest absolute Gasteiger partial charge is 0.334 e. The molecule has 13 nitrogen and oxygen atoms in total. The second kappa shape index (κ2) is 12.2. The molecule has 3 aromatic heterocycles. The SMILES string of the molecule is CCN(CC)c1ncc(N(C(C)C)S(C)(=O)=O)c(N[C@@H](Cc2ccc(-n3c(=O)n(C)c4cccnc43)cc2)C(=O)O)n1. The van der Waals surface area contributed by atoms with Crippen LogP contribution in [0.5, 0.6) is 0 Å². The third-order valence-corrected chi connectivity index (χ3v) is 8.26. The van der Waals surface area contributed by atoms with Gasteiger partial charge < -0.3 is 15.3 Å². The first-order chi connectivity index (χ1) is 19.9. The van der Waals surface area contributed by atoms with Gasteiger partial charge in [0.15, 0.2) is 11.5 Å². The lowest BCUT2D eigenvalue weighted by molar-refractivity contribution is -0.137. The van der Waals surface area contributed by atoms with E-state index in [1.807, 2.05) is 24.8 Å². The number of carboxylic acids is 1. The topological polar surface area (TPSA) is 156 Å². The number of nitrogens with zero attached hydrogens (tertiary/aromatic N) is 7. The van der Waals surface area contributed by atoms with E-state index in [2.05, 4.69) is 20.3 Å². The number of aliphatic carboxylic acids is 1. The molecule has 0 spiro atoms. The van der Waals surface area contributed by atoms with Gasteiger partial charge in [-0.25, -0.2) is 32.5 Å². The van der Waals surface area contributed by atoms with E-state index >= 15 is 0 Å². The Labute approximate surface area is 244 Å². The highest BCUT2D eigenvalue weighted by atomic mass is 32.2. The molecule has 0 bridgehead atoms. The van der Waals surface area contributed by atoms with E-state index in [1.165, 1.54) is 19.6 Å². The molecule has 1 aromatic carbocycles. The van der Waals surface area contributed by atoms with E-state index in [0.717, 1.165) is 6.26 Å². The highest BCUT2D eigenvalue weighted by Crippen LogP contribution is 2.30. The Morgan fingerprint density at radius 3 is 2.33 bits per heavy atom. The van der Waals surface area contributed by atoms with E-state index in [9.17, 15) is 23.1 Å². The number of aryl methyl sites for hydroxylation is 1. The second-order valence-corrected chi connectivity index (χ2v) is 12.0. The lowest BCUT2D eigenvalue weighted by Crippen LogP contribution is -2.39. The molecule has 14 heteroatoms. The fourth-order valence-electron chi connectivity index (χ4n) is 4.91. The molecule has 0 aliphatic carbocycles. The predicted molar refractivity (Wildman–Crippen MR) is 163 cm³/mol. The molecule has 0 amide bonds. The number of sulfonamides is 1. The maximum atomic E-state index is 12.9. The van der Waals surface area contributed by atoms with E-state index in [1.54, 1.807) is 57.4 Å². The van der Waals surface area contributed by atoms with Crippen LogP contribution in [0.4, 0.5) is 17.5 Å². The highest BCUT2D eigenvalue weighted by Gasteiger charge is 2.28. The maximum absolute atomic E-state index is 12.9. The van der Waals surface area contributed by atoms with Crippen molar-refractivity contribution in [3.63, 3.8) is 0 Å². The Morgan fingerprint density at radius 2 is 1.76 bits per heavy atom. The molecule has 224 valence electrons. The Kier molecular flexibility index (Phi) is 8.85. The first-order valence-corrected chi connectivity index (χ1v) is 15.4. The summed E-state index contributed by atoms with van der Waals surface area (Å²) in [5, 5.41) is 13.1. The molecule has 0 radical (unpaired) electrons. The zero-order valence-corrected chi connectivity index (χ0v) is 25.3. The van der Waals surface area contributed by atoms with E-state index < -0.39 is 28.1 Å². The number of imidazole rings is 1. The number of benzene rings is 1. The van der Waals surface area contributed by atoms with Crippen molar-refractivity contribution in [2.24, 2.45) is 7.05 Å². The summed E-state index contributed by atoms with van der Waals surface area (Å²) in [5.74, 6) is -0.688. The summed E-state index contributed by atoms with van der Waals surface area (Å²) in [6.07, 6.45) is 4.17. The fourth-order valence-corrected chi connectivity index (χ4v) is 6.17. The molecule has 0 fully saturated rings. The highest BCUT2D eigenvalue weighted by molar-refractivity contribution is 7.92. The molecule has 0 aliphatic rings. The summed E-state index contributed by atoms with van der Waals surface area (Å²) >= 11 is 0. The van der Waals surface area contributed by atoms with Crippen LogP contribution in [0.15, 0.2) is 53.6 Å².